The lowest BCUT2D eigenvalue weighted by Crippen LogP contribution is -2.51. The Morgan fingerprint density at radius 2 is 1.94 bits per heavy atom. The highest BCUT2D eigenvalue weighted by Crippen LogP contribution is 2.50. The Balaban J connectivity index is 1.13. The van der Waals surface area contributed by atoms with Gasteiger partial charge < -0.3 is 24.8 Å². The number of nitrogens with zero attached hydrogens (tertiary/aromatic N) is 6. The van der Waals surface area contributed by atoms with Gasteiger partial charge in [0.05, 0.1) is 18.0 Å². The molecular weight excluding hydrogens is 633 g/mol. The van der Waals surface area contributed by atoms with E-state index in [1.54, 1.807) is 31.6 Å². The summed E-state index contributed by atoms with van der Waals surface area (Å²) in [5.41, 5.74) is 2.06. The molecule has 3 unspecified atom stereocenters. The Kier molecular flexibility index (Phi) is 7.48. The zero-order valence-corrected chi connectivity index (χ0v) is 27.9. The van der Waals surface area contributed by atoms with Gasteiger partial charge >= 0.3 is 6.01 Å². The molecule has 50 heavy (non-hydrogen) atoms. The topological polar surface area (TPSA) is 109 Å². The van der Waals surface area contributed by atoms with Crippen LogP contribution in [0.5, 0.6) is 17.6 Å². The molecule has 4 aliphatic heterocycles. The summed E-state index contributed by atoms with van der Waals surface area (Å²) in [6, 6.07) is 13.6. The zero-order valence-electron chi connectivity index (χ0n) is 27.9. The van der Waals surface area contributed by atoms with Gasteiger partial charge in [0.2, 0.25) is 5.88 Å². The molecule has 0 amide bonds. The highest BCUT2D eigenvalue weighted by Gasteiger charge is 2.51. The van der Waals surface area contributed by atoms with E-state index in [-0.39, 0.29) is 34.6 Å². The molecule has 2 bridgehead atoms. The van der Waals surface area contributed by atoms with Crippen molar-refractivity contribution in [2.45, 2.75) is 62.2 Å². The van der Waals surface area contributed by atoms with Gasteiger partial charge in [-0.3, -0.25) is 9.88 Å². The fourth-order valence-corrected chi connectivity index (χ4v) is 9.06. The Labute approximate surface area is 289 Å². The van der Waals surface area contributed by atoms with E-state index >= 15 is 4.39 Å². The van der Waals surface area contributed by atoms with Crippen molar-refractivity contribution in [2.75, 3.05) is 38.3 Å². The standard InChI is InChI=1S/C39H38FN7O3/c1-3-23-7-4-8-24-17-27(48)18-29(32(23)24)34-33(40)35-30(19-42-34)36(46-20-25-10-11-26(21-46)43-25)45-38(44-35)50-22-39-13-6-16-47(39)31(12-14-39)28-9-5-15-41-37(28)49-2/h1,4-5,7-9,15,17-19,25-26,31,43,48H,6,10-14,16,20-22H2,2H3/t25?,26?,31-,39?/m1/s1. The summed E-state index contributed by atoms with van der Waals surface area (Å²) >= 11 is 0. The molecule has 9 rings (SSSR count). The molecule has 11 heteroatoms. The molecule has 0 aliphatic carbocycles. The molecule has 4 atom stereocenters. The van der Waals surface area contributed by atoms with Crippen molar-refractivity contribution in [3.05, 3.63) is 71.8 Å². The van der Waals surface area contributed by atoms with Crippen LogP contribution in [0, 0.1) is 18.2 Å². The van der Waals surface area contributed by atoms with Crippen molar-refractivity contribution < 1.29 is 19.0 Å². The number of phenolic OH excluding ortho intramolecular Hbond substituents is 1. The van der Waals surface area contributed by atoms with E-state index in [2.05, 4.69) is 37.1 Å². The summed E-state index contributed by atoms with van der Waals surface area (Å²) < 4.78 is 29.2. The van der Waals surface area contributed by atoms with Gasteiger partial charge in [-0.1, -0.05) is 24.1 Å². The van der Waals surface area contributed by atoms with Crippen LogP contribution in [0.2, 0.25) is 0 Å². The zero-order chi connectivity index (χ0) is 34.0. The van der Waals surface area contributed by atoms with E-state index in [0.29, 0.717) is 57.7 Å². The maximum absolute atomic E-state index is 17.0. The number of hydrogen-bond donors (Lipinski definition) is 2. The van der Waals surface area contributed by atoms with E-state index in [1.807, 2.05) is 18.2 Å². The third kappa shape index (κ3) is 5.00. The van der Waals surface area contributed by atoms with E-state index < -0.39 is 5.82 Å². The first-order chi connectivity index (χ1) is 24.4. The highest BCUT2D eigenvalue weighted by atomic mass is 19.1. The molecule has 2 aromatic carbocycles. The molecule has 10 nitrogen and oxygen atoms in total. The fourth-order valence-electron chi connectivity index (χ4n) is 9.06. The number of fused-ring (bicyclic) bond motifs is 5. The highest BCUT2D eigenvalue weighted by molar-refractivity contribution is 6.02. The third-order valence-corrected chi connectivity index (χ3v) is 11.3. The molecule has 5 aromatic rings. The van der Waals surface area contributed by atoms with Crippen molar-refractivity contribution >= 4 is 27.5 Å². The molecule has 2 N–H and O–H groups in total. The number of aromatic nitrogens is 4. The number of piperazine rings is 1. The van der Waals surface area contributed by atoms with Gasteiger partial charge in [0, 0.05) is 65.7 Å². The summed E-state index contributed by atoms with van der Waals surface area (Å²) in [6.07, 6.45) is 15.4. The normalized spacial score (nSPS) is 24.5. The van der Waals surface area contributed by atoms with Gasteiger partial charge in [0.25, 0.3) is 0 Å². The molecule has 254 valence electrons. The first-order valence-electron chi connectivity index (χ1n) is 17.4. The Bertz CT molecular complexity index is 2180. The van der Waals surface area contributed by atoms with Crippen LogP contribution in [-0.2, 0) is 0 Å². The van der Waals surface area contributed by atoms with Crippen molar-refractivity contribution in [2.24, 2.45) is 0 Å². The van der Waals surface area contributed by atoms with Gasteiger partial charge in [0.1, 0.15) is 29.4 Å². The van der Waals surface area contributed by atoms with Crippen LogP contribution in [0.1, 0.15) is 55.7 Å². The number of rotatable bonds is 7. The number of methoxy groups -OCH3 is 1. The number of anilines is 1. The first-order valence-corrected chi connectivity index (χ1v) is 17.4. The van der Waals surface area contributed by atoms with Gasteiger partial charge in [-0.2, -0.15) is 9.97 Å². The summed E-state index contributed by atoms with van der Waals surface area (Å²) in [5.74, 6) is 3.36. The Morgan fingerprint density at radius 1 is 1.08 bits per heavy atom. The monoisotopic (exact) mass is 671 g/mol. The lowest BCUT2D eigenvalue weighted by Gasteiger charge is -2.35. The minimum atomic E-state index is -0.613. The van der Waals surface area contributed by atoms with Gasteiger partial charge in [-0.05, 0) is 74.7 Å². The minimum absolute atomic E-state index is 0.00851. The van der Waals surface area contributed by atoms with Crippen LogP contribution >= 0.6 is 0 Å². The van der Waals surface area contributed by atoms with E-state index in [1.165, 1.54) is 6.07 Å². The number of aromatic hydroxyl groups is 1. The Hall–Kier alpha value is -5.05. The fraction of sp³-hybridized carbons (Fsp3) is 0.385. The van der Waals surface area contributed by atoms with Crippen LogP contribution in [0.4, 0.5) is 10.2 Å². The number of halogens is 1. The number of terminal acetylenes is 1. The molecule has 4 fully saturated rings. The quantitative estimate of drug-likeness (QED) is 0.207. The van der Waals surface area contributed by atoms with Crippen molar-refractivity contribution in [1.82, 2.24) is 30.2 Å². The number of nitrogens with one attached hydrogen (secondary N) is 1. The van der Waals surface area contributed by atoms with Crippen LogP contribution in [0.3, 0.4) is 0 Å². The summed E-state index contributed by atoms with van der Waals surface area (Å²) in [7, 11) is 1.66. The second-order valence-corrected chi connectivity index (χ2v) is 14.1. The van der Waals surface area contributed by atoms with E-state index in [0.717, 1.165) is 63.7 Å². The average Bonchev–Trinajstić information content (AvgIpc) is 3.82. The molecule has 0 spiro atoms. The second-order valence-electron chi connectivity index (χ2n) is 14.1. The molecule has 4 aliphatic rings. The lowest BCUT2D eigenvalue weighted by atomic mass is 9.95. The summed E-state index contributed by atoms with van der Waals surface area (Å²) in [6.45, 7) is 2.83. The van der Waals surface area contributed by atoms with Crippen molar-refractivity contribution in [1.29, 1.82) is 0 Å². The predicted octanol–water partition coefficient (Wildman–Crippen LogP) is 5.76. The number of benzene rings is 2. The largest absolute Gasteiger partial charge is 0.508 e. The van der Waals surface area contributed by atoms with Gasteiger partial charge in [0.15, 0.2) is 5.82 Å². The summed E-state index contributed by atoms with van der Waals surface area (Å²) in [5, 5.41) is 16.2. The van der Waals surface area contributed by atoms with Crippen molar-refractivity contribution in [3.8, 4) is 41.2 Å². The molecule has 4 saturated heterocycles. The van der Waals surface area contributed by atoms with Crippen LogP contribution < -0.4 is 19.7 Å². The molecule has 3 aromatic heterocycles. The maximum atomic E-state index is 17.0. The van der Waals surface area contributed by atoms with Gasteiger partial charge in [-0.15, -0.1) is 6.42 Å². The second kappa shape index (κ2) is 12.1. The number of phenols is 1. The van der Waals surface area contributed by atoms with E-state index in [4.69, 9.17) is 25.9 Å². The maximum Gasteiger partial charge on any atom is 0.319 e. The molecule has 0 saturated carbocycles. The van der Waals surface area contributed by atoms with Gasteiger partial charge in [-0.25, -0.2) is 9.37 Å². The summed E-state index contributed by atoms with van der Waals surface area (Å²) in [4.78, 5) is 23.6. The predicted molar refractivity (Wildman–Crippen MR) is 189 cm³/mol. The molecule has 7 heterocycles. The first kappa shape index (κ1) is 31.0. The molecular formula is C39H38FN7O3. The Morgan fingerprint density at radius 3 is 2.76 bits per heavy atom. The van der Waals surface area contributed by atoms with E-state index in [9.17, 15) is 5.11 Å². The van der Waals surface area contributed by atoms with Crippen molar-refractivity contribution in [3.63, 3.8) is 0 Å². The lowest BCUT2D eigenvalue weighted by molar-refractivity contribution is 0.0837. The number of hydrogen-bond acceptors (Lipinski definition) is 10. The number of ether oxygens (including phenoxy) is 2. The van der Waals surface area contributed by atoms with Crippen LogP contribution in [0.15, 0.2) is 54.9 Å². The third-order valence-electron chi connectivity index (χ3n) is 11.3. The number of pyridine rings is 2. The minimum Gasteiger partial charge on any atom is -0.508 e. The SMILES string of the molecule is C#Cc1cccc2cc(O)cc(-c3ncc4c(N5CC6CCC(C5)N6)nc(OCC56CCCN5[C@@H](c5cccnc5OC)CC6)nc4c3F)c12. The molecule has 0 radical (unpaired) electrons. The average molecular weight is 672 g/mol. The van der Waals surface area contributed by atoms with Crippen LogP contribution in [0.25, 0.3) is 32.9 Å². The smallest absolute Gasteiger partial charge is 0.319 e. The van der Waals surface area contributed by atoms with Crippen LogP contribution in [-0.4, -0.2) is 80.9 Å².